The van der Waals surface area contributed by atoms with Crippen molar-refractivity contribution in [3.8, 4) is 11.3 Å². The number of hydrogen-bond donors (Lipinski definition) is 2. The molecule has 0 bridgehead atoms. The number of rotatable bonds is 3. The van der Waals surface area contributed by atoms with Gasteiger partial charge in [0.05, 0.1) is 5.69 Å². The van der Waals surface area contributed by atoms with Crippen LogP contribution < -0.4 is 10.6 Å². The summed E-state index contributed by atoms with van der Waals surface area (Å²) in [6.07, 6.45) is 3.96. The highest BCUT2D eigenvalue weighted by Crippen LogP contribution is 2.22. The van der Waals surface area contributed by atoms with Crippen molar-refractivity contribution in [3.05, 3.63) is 97.3 Å². The minimum atomic E-state index is -0.277. The van der Waals surface area contributed by atoms with Gasteiger partial charge in [-0.1, -0.05) is 48.5 Å². The van der Waals surface area contributed by atoms with E-state index >= 15 is 0 Å². The monoisotopic (exact) mass is 378 g/mol. The molecule has 0 aliphatic carbocycles. The van der Waals surface area contributed by atoms with Crippen LogP contribution in [0.15, 0.2) is 97.3 Å². The summed E-state index contributed by atoms with van der Waals surface area (Å²) in [5, 5.41) is 7.97. The van der Waals surface area contributed by atoms with Gasteiger partial charge in [0.1, 0.15) is 5.65 Å². The van der Waals surface area contributed by atoms with Gasteiger partial charge in [0.25, 0.3) is 0 Å². The Bertz CT molecular complexity index is 1290. The second kappa shape index (κ2) is 7.13. The number of nitrogens with zero attached hydrogens (tertiary/aromatic N) is 2. The number of fused-ring (bicyclic) bond motifs is 2. The Morgan fingerprint density at radius 2 is 1.48 bits per heavy atom. The highest BCUT2D eigenvalue weighted by molar-refractivity contribution is 6.01. The summed E-state index contributed by atoms with van der Waals surface area (Å²) in [7, 11) is 0. The lowest BCUT2D eigenvalue weighted by atomic mass is 10.1. The van der Waals surface area contributed by atoms with Crippen LogP contribution in [-0.4, -0.2) is 15.4 Å². The Morgan fingerprint density at radius 1 is 0.759 bits per heavy atom. The number of nitrogens with one attached hydrogen (secondary N) is 2. The lowest BCUT2D eigenvalue weighted by molar-refractivity contribution is 0.262. The number of hydrogen-bond acceptors (Lipinski definition) is 2. The van der Waals surface area contributed by atoms with E-state index in [0.29, 0.717) is 0 Å². The fourth-order valence-electron chi connectivity index (χ4n) is 3.36. The molecule has 0 saturated carbocycles. The van der Waals surface area contributed by atoms with Gasteiger partial charge in [-0.05, 0) is 47.2 Å². The zero-order valence-electron chi connectivity index (χ0n) is 15.5. The number of anilines is 2. The van der Waals surface area contributed by atoms with E-state index in [1.165, 1.54) is 0 Å². The molecule has 0 saturated heterocycles. The van der Waals surface area contributed by atoms with E-state index in [1.807, 2.05) is 102 Å². The van der Waals surface area contributed by atoms with Crippen LogP contribution in [-0.2, 0) is 0 Å². The number of aromatic nitrogens is 2. The lowest BCUT2D eigenvalue weighted by Gasteiger charge is -2.09. The van der Waals surface area contributed by atoms with E-state index < -0.39 is 0 Å². The second-order valence-corrected chi connectivity index (χ2v) is 6.81. The van der Waals surface area contributed by atoms with Crippen LogP contribution in [0.5, 0.6) is 0 Å². The molecule has 0 atom stereocenters. The topological polar surface area (TPSA) is 58.4 Å². The first kappa shape index (κ1) is 17.0. The first-order chi connectivity index (χ1) is 14.2. The Kier molecular flexibility index (Phi) is 4.18. The summed E-state index contributed by atoms with van der Waals surface area (Å²) in [6, 6.07) is 27.2. The van der Waals surface area contributed by atoms with E-state index in [4.69, 9.17) is 0 Å². The van der Waals surface area contributed by atoms with E-state index in [0.717, 1.165) is 39.1 Å². The molecule has 0 fully saturated rings. The molecule has 3 aromatic carbocycles. The molecule has 5 aromatic rings. The van der Waals surface area contributed by atoms with Crippen molar-refractivity contribution in [2.75, 3.05) is 10.6 Å². The SMILES string of the molecule is O=C(Nc1ccc(-c2cn3ccccc3n2)cc1)Nc1ccc2ccccc2c1. The van der Waals surface area contributed by atoms with Crippen molar-refractivity contribution in [1.29, 1.82) is 0 Å². The zero-order chi connectivity index (χ0) is 19.6. The summed E-state index contributed by atoms with van der Waals surface area (Å²) >= 11 is 0. The van der Waals surface area contributed by atoms with E-state index in [9.17, 15) is 4.79 Å². The minimum absolute atomic E-state index is 0.277. The summed E-state index contributed by atoms with van der Waals surface area (Å²) < 4.78 is 1.98. The second-order valence-electron chi connectivity index (χ2n) is 6.81. The molecule has 2 aromatic heterocycles. The summed E-state index contributed by atoms with van der Waals surface area (Å²) in [5.74, 6) is 0. The molecule has 2 N–H and O–H groups in total. The quantitative estimate of drug-likeness (QED) is 0.417. The summed E-state index contributed by atoms with van der Waals surface area (Å²) in [6.45, 7) is 0. The Morgan fingerprint density at radius 3 is 2.31 bits per heavy atom. The molecule has 5 rings (SSSR count). The predicted octanol–water partition coefficient (Wildman–Crippen LogP) is 5.80. The van der Waals surface area contributed by atoms with Gasteiger partial charge in [0.15, 0.2) is 0 Å². The van der Waals surface area contributed by atoms with Gasteiger partial charge in [-0.3, -0.25) is 0 Å². The first-order valence-electron chi connectivity index (χ1n) is 9.36. The molecular formula is C24H18N4O. The normalized spacial score (nSPS) is 10.9. The van der Waals surface area contributed by atoms with Crippen molar-refractivity contribution in [3.63, 3.8) is 0 Å². The Hall–Kier alpha value is -4.12. The molecular weight excluding hydrogens is 360 g/mol. The standard InChI is InChI=1S/C24H18N4O/c29-24(26-21-13-8-17-5-1-2-6-19(17)15-21)25-20-11-9-18(10-12-20)22-16-28-14-4-3-7-23(28)27-22/h1-16H,(H2,25,26,29). The first-order valence-corrected chi connectivity index (χ1v) is 9.36. The molecule has 29 heavy (non-hydrogen) atoms. The van der Waals surface area contributed by atoms with Gasteiger partial charge in [-0.15, -0.1) is 0 Å². The van der Waals surface area contributed by atoms with Crippen molar-refractivity contribution < 1.29 is 4.79 Å². The lowest BCUT2D eigenvalue weighted by Crippen LogP contribution is -2.19. The van der Waals surface area contributed by atoms with Gasteiger partial charge in [0.2, 0.25) is 0 Å². The van der Waals surface area contributed by atoms with Crippen molar-refractivity contribution in [2.45, 2.75) is 0 Å². The van der Waals surface area contributed by atoms with Crippen LogP contribution in [0.25, 0.3) is 27.7 Å². The predicted molar refractivity (Wildman–Crippen MR) is 117 cm³/mol. The maximum Gasteiger partial charge on any atom is 0.323 e. The molecule has 2 amide bonds. The Balaban J connectivity index is 1.29. The van der Waals surface area contributed by atoms with Gasteiger partial charge in [0, 0.05) is 29.3 Å². The van der Waals surface area contributed by atoms with Crippen LogP contribution in [0.1, 0.15) is 0 Å². The van der Waals surface area contributed by atoms with Crippen LogP contribution >= 0.6 is 0 Å². The van der Waals surface area contributed by atoms with E-state index in [2.05, 4.69) is 15.6 Å². The van der Waals surface area contributed by atoms with Crippen molar-refractivity contribution >= 4 is 33.8 Å². The molecule has 5 heteroatoms. The third kappa shape index (κ3) is 3.53. The zero-order valence-corrected chi connectivity index (χ0v) is 15.5. The third-order valence-electron chi connectivity index (χ3n) is 4.81. The fraction of sp³-hybridized carbons (Fsp3) is 0. The van der Waals surface area contributed by atoms with Crippen molar-refractivity contribution in [2.24, 2.45) is 0 Å². The molecule has 0 unspecified atom stereocenters. The number of carbonyl (C=O) groups is 1. The van der Waals surface area contributed by atoms with E-state index in [-0.39, 0.29) is 6.03 Å². The molecule has 0 spiro atoms. The average Bonchev–Trinajstić information content (AvgIpc) is 3.18. The maximum atomic E-state index is 12.4. The summed E-state index contributed by atoms with van der Waals surface area (Å²) in [5.41, 5.74) is 4.26. The highest BCUT2D eigenvalue weighted by Gasteiger charge is 2.06. The molecule has 0 aliphatic rings. The van der Waals surface area contributed by atoms with Crippen LogP contribution in [0, 0.1) is 0 Å². The number of amides is 2. The molecule has 5 nitrogen and oxygen atoms in total. The van der Waals surface area contributed by atoms with Gasteiger partial charge >= 0.3 is 6.03 Å². The number of imidazole rings is 1. The number of urea groups is 1. The maximum absolute atomic E-state index is 12.4. The Labute approximate surface area is 167 Å². The largest absolute Gasteiger partial charge is 0.323 e. The van der Waals surface area contributed by atoms with Crippen LogP contribution in [0.2, 0.25) is 0 Å². The average molecular weight is 378 g/mol. The molecule has 140 valence electrons. The number of pyridine rings is 1. The third-order valence-corrected chi connectivity index (χ3v) is 4.81. The number of benzene rings is 3. The summed E-state index contributed by atoms with van der Waals surface area (Å²) in [4.78, 5) is 17.0. The van der Waals surface area contributed by atoms with Crippen LogP contribution in [0.3, 0.4) is 0 Å². The smallest absolute Gasteiger partial charge is 0.308 e. The van der Waals surface area contributed by atoms with E-state index in [1.54, 1.807) is 0 Å². The molecule has 0 aliphatic heterocycles. The van der Waals surface area contributed by atoms with Crippen LogP contribution in [0.4, 0.5) is 16.2 Å². The van der Waals surface area contributed by atoms with Gasteiger partial charge < -0.3 is 15.0 Å². The van der Waals surface area contributed by atoms with Gasteiger partial charge in [-0.2, -0.15) is 0 Å². The molecule has 2 heterocycles. The van der Waals surface area contributed by atoms with Gasteiger partial charge in [-0.25, -0.2) is 9.78 Å². The number of carbonyl (C=O) groups excluding carboxylic acids is 1. The molecule has 0 radical (unpaired) electrons. The highest BCUT2D eigenvalue weighted by atomic mass is 16.2. The van der Waals surface area contributed by atoms with Crippen molar-refractivity contribution in [1.82, 2.24) is 9.38 Å². The fourth-order valence-corrected chi connectivity index (χ4v) is 3.36. The minimum Gasteiger partial charge on any atom is -0.308 e.